The molecule has 1 aromatic carbocycles. The maximum atomic E-state index is 4.73. The molecular formula is C21H21N3S2. The second-order valence-electron chi connectivity index (χ2n) is 6.25. The van der Waals surface area contributed by atoms with E-state index in [1.807, 2.05) is 0 Å². The van der Waals surface area contributed by atoms with Crippen LogP contribution in [0.5, 0.6) is 0 Å². The Hall–Kier alpha value is -2.24. The third-order valence-corrected chi connectivity index (χ3v) is 6.19. The lowest BCUT2D eigenvalue weighted by Crippen LogP contribution is -2.24. The van der Waals surface area contributed by atoms with Crippen LogP contribution in [0.15, 0.2) is 59.6 Å². The fourth-order valence-electron chi connectivity index (χ4n) is 3.13. The highest BCUT2D eigenvalue weighted by Crippen LogP contribution is 2.38. The summed E-state index contributed by atoms with van der Waals surface area (Å²) in [6, 6.07) is 14.9. The van der Waals surface area contributed by atoms with E-state index in [1.54, 1.807) is 29.0 Å². The molecule has 0 unspecified atom stereocenters. The molecule has 3 heterocycles. The minimum atomic E-state index is 0.897. The molecular weight excluding hydrogens is 358 g/mol. The van der Waals surface area contributed by atoms with Crippen molar-refractivity contribution in [1.29, 1.82) is 0 Å². The number of aromatic nitrogens is 2. The van der Waals surface area contributed by atoms with Gasteiger partial charge in [0.25, 0.3) is 0 Å². The van der Waals surface area contributed by atoms with Gasteiger partial charge in [0.15, 0.2) is 0 Å². The van der Waals surface area contributed by atoms with E-state index in [1.165, 1.54) is 27.8 Å². The van der Waals surface area contributed by atoms with Gasteiger partial charge in [0.05, 0.1) is 11.9 Å². The molecule has 0 bridgehead atoms. The van der Waals surface area contributed by atoms with Crippen molar-refractivity contribution in [3.63, 3.8) is 0 Å². The van der Waals surface area contributed by atoms with Gasteiger partial charge in [0.1, 0.15) is 17.0 Å². The van der Waals surface area contributed by atoms with Crippen LogP contribution in [0.3, 0.4) is 0 Å². The summed E-state index contributed by atoms with van der Waals surface area (Å²) in [5.41, 5.74) is 2.45. The number of benzene rings is 1. The van der Waals surface area contributed by atoms with Crippen molar-refractivity contribution in [3.8, 4) is 11.1 Å². The summed E-state index contributed by atoms with van der Waals surface area (Å²) >= 11 is 3.50. The monoisotopic (exact) mass is 379 g/mol. The van der Waals surface area contributed by atoms with Crippen LogP contribution in [-0.4, -0.2) is 16.5 Å². The van der Waals surface area contributed by atoms with E-state index in [0.29, 0.717) is 0 Å². The second kappa shape index (κ2) is 7.98. The Bertz CT molecular complexity index is 962. The van der Waals surface area contributed by atoms with Crippen molar-refractivity contribution in [2.75, 3.05) is 11.4 Å². The van der Waals surface area contributed by atoms with Gasteiger partial charge in [-0.1, -0.05) is 49.7 Å². The van der Waals surface area contributed by atoms with Gasteiger partial charge in [0, 0.05) is 22.4 Å². The van der Waals surface area contributed by atoms with Crippen molar-refractivity contribution in [2.24, 2.45) is 0 Å². The molecule has 0 aliphatic rings. The topological polar surface area (TPSA) is 29.0 Å². The molecule has 3 nitrogen and oxygen atoms in total. The molecule has 0 atom stereocenters. The molecule has 0 aliphatic carbocycles. The van der Waals surface area contributed by atoms with Gasteiger partial charge in [-0.05, 0) is 23.4 Å². The van der Waals surface area contributed by atoms with Gasteiger partial charge >= 0.3 is 0 Å². The van der Waals surface area contributed by atoms with E-state index in [2.05, 4.69) is 70.0 Å². The Morgan fingerprint density at radius 3 is 2.65 bits per heavy atom. The summed E-state index contributed by atoms with van der Waals surface area (Å²) in [6.07, 6.45) is 4.03. The summed E-state index contributed by atoms with van der Waals surface area (Å²) in [6.45, 7) is 4.14. The molecule has 132 valence electrons. The van der Waals surface area contributed by atoms with Crippen molar-refractivity contribution < 1.29 is 0 Å². The molecule has 0 saturated carbocycles. The number of anilines is 1. The molecule has 0 saturated heterocycles. The lowest BCUT2D eigenvalue weighted by Gasteiger charge is -2.24. The maximum Gasteiger partial charge on any atom is 0.141 e. The molecule has 0 fully saturated rings. The minimum Gasteiger partial charge on any atom is -0.351 e. The number of rotatable bonds is 7. The van der Waals surface area contributed by atoms with Gasteiger partial charge in [-0.25, -0.2) is 9.97 Å². The van der Waals surface area contributed by atoms with Crippen LogP contribution in [0.4, 0.5) is 5.82 Å². The smallest absolute Gasteiger partial charge is 0.141 e. The van der Waals surface area contributed by atoms with Crippen molar-refractivity contribution in [3.05, 3.63) is 64.4 Å². The Balaban J connectivity index is 1.81. The summed E-state index contributed by atoms with van der Waals surface area (Å²) in [5, 5.41) is 5.53. The predicted molar refractivity (Wildman–Crippen MR) is 113 cm³/mol. The average molecular weight is 380 g/mol. The van der Waals surface area contributed by atoms with E-state index in [4.69, 9.17) is 4.98 Å². The molecule has 4 aromatic rings. The van der Waals surface area contributed by atoms with Gasteiger partial charge < -0.3 is 4.90 Å². The highest BCUT2D eigenvalue weighted by atomic mass is 32.1. The predicted octanol–water partition coefficient (Wildman–Crippen LogP) is 6.23. The first kappa shape index (κ1) is 17.2. The maximum absolute atomic E-state index is 4.73. The number of nitrogens with zero attached hydrogens (tertiary/aromatic N) is 3. The van der Waals surface area contributed by atoms with Gasteiger partial charge in [-0.3, -0.25) is 0 Å². The van der Waals surface area contributed by atoms with Gasteiger partial charge in [-0.15, -0.1) is 22.7 Å². The van der Waals surface area contributed by atoms with Crippen LogP contribution in [-0.2, 0) is 6.54 Å². The molecule has 26 heavy (non-hydrogen) atoms. The first-order chi connectivity index (χ1) is 12.9. The average Bonchev–Trinajstić information content (AvgIpc) is 3.35. The SMILES string of the molecule is CCCCN(Cc1cccs1)c1ncnc2scc(-c3ccccc3)c12. The Morgan fingerprint density at radius 2 is 1.88 bits per heavy atom. The van der Waals surface area contributed by atoms with Gasteiger partial charge in [-0.2, -0.15) is 0 Å². The van der Waals surface area contributed by atoms with E-state index >= 15 is 0 Å². The van der Waals surface area contributed by atoms with E-state index in [0.717, 1.165) is 30.2 Å². The Kier molecular flexibility index (Phi) is 5.27. The lowest BCUT2D eigenvalue weighted by molar-refractivity contribution is 0.713. The third-order valence-electron chi connectivity index (χ3n) is 4.44. The first-order valence-electron chi connectivity index (χ1n) is 8.91. The van der Waals surface area contributed by atoms with E-state index in [9.17, 15) is 0 Å². The van der Waals surface area contributed by atoms with E-state index < -0.39 is 0 Å². The molecule has 0 N–H and O–H groups in total. The summed E-state index contributed by atoms with van der Waals surface area (Å²) < 4.78 is 0. The molecule has 0 spiro atoms. The Morgan fingerprint density at radius 1 is 1.00 bits per heavy atom. The van der Waals surface area contributed by atoms with Crippen LogP contribution >= 0.6 is 22.7 Å². The quantitative estimate of drug-likeness (QED) is 0.381. The third kappa shape index (κ3) is 3.50. The number of thiophene rings is 2. The van der Waals surface area contributed by atoms with Crippen LogP contribution in [0, 0.1) is 0 Å². The number of unbranched alkanes of at least 4 members (excludes halogenated alkanes) is 1. The molecule has 0 radical (unpaired) electrons. The van der Waals surface area contributed by atoms with E-state index in [-0.39, 0.29) is 0 Å². The highest BCUT2D eigenvalue weighted by Gasteiger charge is 2.18. The summed E-state index contributed by atoms with van der Waals surface area (Å²) in [5.74, 6) is 1.05. The van der Waals surface area contributed by atoms with Crippen LogP contribution in [0.2, 0.25) is 0 Å². The molecule has 3 aromatic heterocycles. The lowest BCUT2D eigenvalue weighted by atomic mass is 10.1. The summed E-state index contributed by atoms with van der Waals surface area (Å²) in [4.78, 5) is 14.1. The number of fused-ring (bicyclic) bond motifs is 1. The van der Waals surface area contributed by atoms with Crippen LogP contribution in [0.25, 0.3) is 21.3 Å². The minimum absolute atomic E-state index is 0.897. The largest absolute Gasteiger partial charge is 0.351 e. The molecule has 4 rings (SSSR count). The molecule has 5 heteroatoms. The van der Waals surface area contributed by atoms with Crippen molar-refractivity contribution >= 4 is 38.7 Å². The zero-order chi connectivity index (χ0) is 17.8. The zero-order valence-electron chi connectivity index (χ0n) is 14.8. The normalized spacial score (nSPS) is 11.1. The van der Waals surface area contributed by atoms with Crippen molar-refractivity contribution in [1.82, 2.24) is 9.97 Å². The zero-order valence-corrected chi connectivity index (χ0v) is 16.4. The standard InChI is InChI=1S/C21H21N3S2/c1-2-3-11-24(13-17-10-7-12-25-17)20-19-18(16-8-5-4-6-9-16)14-26-21(19)23-15-22-20/h4-10,12,14-15H,2-3,11,13H2,1H3. The first-order valence-corrected chi connectivity index (χ1v) is 10.7. The summed E-state index contributed by atoms with van der Waals surface area (Å²) in [7, 11) is 0. The Labute approximate surface area is 162 Å². The number of hydrogen-bond acceptors (Lipinski definition) is 5. The fraction of sp³-hybridized carbons (Fsp3) is 0.238. The van der Waals surface area contributed by atoms with Gasteiger partial charge in [0.2, 0.25) is 0 Å². The fourth-order valence-corrected chi connectivity index (χ4v) is 4.76. The molecule has 0 amide bonds. The number of hydrogen-bond donors (Lipinski definition) is 0. The highest BCUT2D eigenvalue weighted by molar-refractivity contribution is 7.17. The van der Waals surface area contributed by atoms with Crippen molar-refractivity contribution in [2.45, 2.75) is 26.3 Å². The van der Waals surface area contributed by atoms with Crippen LogP contribution in [0.1, 0.15) is 24.6 Å². The van der Waals surface area contributed by atoms with Crippen LogP contribution < -0.4 is 4.90 Å². The second-order valence-corrected chi connectivity index (χ2v) is 8.14. The molecule has 0 aliphatic heterocycles.